The molecular weight excluding hydrogens is 486 g/mol. The minimum absolute atomic E-state index is 0.0371. The first-order valence-corrected chi connectivity index (χ1v) is 14.3. The van der Waals surface area contributed by atoms with Crippen LogP contribution in [0.1, 0.15) is 71.2 Å². The number of carbonyl (C=O) groups is 2. The number of nitrogens with zero attached hydrogens (tertiary/aromatic N) is 2. The van der Waals surface area contributed by atoms with Crippen LogP contribution in [0.2, 0.25) is 0 Å². The summed E-state index contributed by atoms with van der Waals surface area (Å²) >= 11 is 1.40. The molecule has 0 spiro atoms. The lowest BCUT2D eigenvalue weighted by molar-refractivity contribution is 0.0600. The van der Waals surface area contributed by atoms with Gasteiger partial charge in [0.1, 0.15) is 5.00 Å². The summed E-state index contributed by atoms with van der Waals surface area (Å²) in [7, 11) is -2.27. The van der Waals surface area contributed by atoms with E-state index in [0.29, 0.717) is 35.1 Å². The molecule has 0 saturated carbocycles. The Labute approximate surface area is 211 Å². The molecule has 35 heavy (non-hydrogen) atoms. The second-order valence-corrected chi connectivity index (χ2v) is 12.4. The Kier molecular flexibility index (Phi) is 7.65. The molecule has 1 atom stereocenters. The maximum absolute atomic E-state index is 13.1. The largest absolute Gasteiger partial charge is 0.465 e. The number of rotatable bonds is 6. The van der Waals surface area contributed by atoms with Crippen LogP contribution in [-0.2, 0) is 27.7 Å². The van der Waals surface area contributed by atoms with Gasteiger partial charge in [0, 0.05) is 42.2 Å². The Morgan fingerprint density at radius 3 is 2.49 bits per heavy atom. The Hall–Kier alpha value is -2.27. The minimum atomic E-state index is -3.61. The second kappa shape index (κ2) is 10.4. The molecule has 3 heterocycles. The van der Waals surface area contributed by atoms with Gasteiger partial charge in [-0.2, -0.15) is 4.31 Å². The summed E-state index contributed by atoms with van der Waals surface area (Å²) in [6.45, 7) is 8.28. The van der Waals surface area contributed by atoms with Gasteiger partial charge in [0.2, 0.25) is 10.0 Å². The number of piperidine rings is 1. The molecule has 0 bridgehead atoms. The van der Waals surface area contributed by atoms with E-state index in [4.69, 9.17) is 4.74 Å². The van der Waals surface area contributed by atoms with Crippen molar-refractivity contribution < 1.29 is 22.7 Å². The van der Waals surface area contributed by atoms with Crippen LogP contribution in [0.4, 0.5) is 5.00 Å². The molecule has 2 aromatic rings. The van der Waals surface area contributed by atoms with Gasteiger partial charge in [-0.05, 0) is 69.9 Å². The highest BCUT2D eigenvalue weighted by Crippen LogP contribution is 2.38. The number of thiophene rings is 1. The number of ether oxygens (including phenoxy) is 1. The summed E-state index contributed by atoms with van der Waals surface area (Å²) in [5, 5.41) is 3.34. The first-order chi connectivity index (χ1) is 16.6. The number of anilines is 1. The number of fused-ring (bicyclic) bond motifs is 1. The van der Waals surface area contributed by atoms with Gasteiger partial charge in [-0.1, -0.05) is 6.42 Å². The van der Waals surface area contributed by atoms with Crippen LogP contribution in [0.3, 0.4) is 0 Å². The van der Waals surface area contributed by atoms with E-state index < -0.39 is 21.9 Å². The molecule has 1 aromatic carbocycles. The standard InChI is InChI=1S/C25H33N3O5S2/c1-16(2)27-14-12-20-21(15-27)34-24(22(20)25(30)33-4)26-23(29)18-8-10-19(11-9-18)35(31,32)28-13-6-5-7-17(28)3/h8-11,16-17H,5-7,12-15H2,1-4H3,(H,26,29)/t17-/m0/s1. The second-order valence-electron chi connectivity index (χ2n) is 9.45. The van der Waals surface area contributed by atoms with Crippen LogP contribution in [-0.4, -0.2) is 61.8 Å². The van der Waals surface area contributed by atoms with Crippen LogP contribution in [0.15, 0.2) is 29.2 Å². The van der Waals surface area contributed by atoms with Crippen molar-refractivity contribution in [1.82, 2.24) is 9.21 Å². The highest BCUT2D eigenvalue weighted by atomic mass is 32.2. The molecular formula is C25H33N3O5S2. The van der Waals surface area contributed by atoms with Gasteiger partial charge >= 0.3 is 5.97 Å². The third kappa shape index (κ3) is 5.16. The summed E-state index contributed by atoms with van der Waals surface area (Å²) in [5.74, 6) is -0.863. The fourth-order valence-electron chi connectivity index (χ4n) is 4.79. The van der Waals surface area contributed by atoms with Crippen molar-refractivity contribution >= 4 is 38.2 Å². The first kappa shape index (κ1) is 25.8. The SMILES string of the molecule is COC(=O)c1c(NC(=O)c2ccc(S(=O)(=O)N3CCCC[C@@H]3C)cc2)sc2c1CCN(C(C)C)C2. The van der Waals surface area contributed by atoms with Crippen molar-refractivity contribution in [2.75, 3.05) is 25.5 Å². The van der Waals surface area contributed by atoms with Crippen molar-refractivity contribution in [1.29, 1.82) is 0 Å². The maximum Gasteiger partial charge on any atom is 0.341 e. The molecule has 2 aliphatic heterocycles. The van der Waals surface area contributed by atoms with E-state index in [-0.39, 0.29) is 10.9 Å². The molecule has 0 unspecified atom stereocenters. The summed E-state index contributed by atoms with van der Waals surface area (Å²) in [6, 6.07) is 6.34. The third-order valence-corrected chi connectivity index (χ3v) is 10.1. The van der Waals surface area contributed by atoms with E-state index in [1.807, 2.05) is 6.92 Å². The third-order valence-electron chi connectivity index (χ3n) is 6.90. The van der Waals surface area contributed by atoms with Gasteiger partial charge in [0.15, 0.2) is 0 Å². The van der Waals surface area contributed by atoms with E-state index in [2.05, 4.69) is 24.1 Å². The molecule has 8 nitrogen and oxygen atoms in total. The van der Waals surface area contributed by atoms with Crippen molar-refractivity contribution in [3.8, 4) is 0 Å². The molecule has 0 aliphatic carbocycles. The van der Waals surface area contributed by atoms with Crippen LogP contribution >= 0.6 is 11.3 Å². The van der Waals surface area contributed by atoms with Gasteiger partial charge in [0.25, 0.3) is 5.91 Å². The molecule has 2 aliphatic rings. The lowest BCUT2D eigenvalue weighted by Crippen LogP contribution is -2.41. The average Bonchev–Trinajstić information content (AvgIpc) is 3.20. The quantitative estimate of drug-likeness (QED) is 0.577. The maximum atomic E-state index is 13.1. The summed E-state index contributed by atoms with van der Waals surface area (Å²) in [6.07, 6.45) is 3.45. The van der Waals surface area contributed by atoms with Gasteiger partial charge in [0.05, 0.1) is 17.6 Å². The molecule has 0 radical (unpaired) electrons. The number of methoxy groups -OCH3 is 1. The molecule has 1 aromatic heterocycles. The number of sulfonamides is 1. The van der Waals surface area contributed by atoms with Crippen molar-refractivity contribution in [2.24, 2.45) is 0 Å². The smallest absolute Gasteiger partial charge is 0.341 e. The van der Waals surface area contributed by atoms with E-state index in [0.717, 1.165) is 42.8 Å². The van der Waals surface area contributed by atoms with Crippen molar-refractivity contribution in [2.45, 2.75) is 70.0 Å². The van der Waals surface area contributed by atoms with Crippen LogP contribution in [0.5, 0.6) is 0 Å². The molecule has 190 valence electrons. The number of hydrogen-bond donors (Lipinski definition) is 1. The Balaban J connectivity index is 1.56. The van der Waals surface area contributed by atoms with Crippen LogP contribution < -0.4 is 5.32 Å². The normalized spacial score (nSPS) is 19.4. The number of hydrogen-bond acceptors (Lipinski definition) is 7. The minimum Gasteiger partial charge on any atom is -0.465 e. The molecule has 4 rings (SSSR count). The van der Waals surface area contributed by atoms with Crippen LogP contribution in [0, 0.1) is 0 Å². The lowest BCUT2D eigenvalue weighted by Gasteiger charge is -2.32. The number of esters is 1. The number of amides is 1. The Morgan fingerprint density at radius 1 is 1.14 bits per heavy atom. The van der Waals surface area contributed by atoms with Gasteiger partial charge < -0.3 is 10.1 Å². The van der Waals surface area contributed by atoms with Gasteiger partial charge in [-0.3, -0.25) is 9.69 Å². The zero-order valence-corrected chi connectivity index (χ0v) is 22.3. The van der Waals surface area contributed by atoms with Gasteiger partial charge in [-0.15, -0.1) is 11.3 Å². The first-order valence-electron chi connectivity index (χ1n) is 12.0. The van der Waals surface area contributed by atoms with E-state index in [1.165, 1.54) is 42.7 Å². The monoisotopic (exact) mass is 519 g/mol. The van der Waals surface area contributed by atoms with E-state index >= 15 is 0 Å². The van der Waals surface area contributed by atoms with E-state index in [1.54, 1.807) is 4.31 Å². The molecule has 1 N–H and O–H groups in total. The number of benzene rings is 1. The fourth-order valence-corrected chi connectivity index (χ4v) is 7.74. The zero-order valence-electron chi connectivity index (χ0n) is 20.7. The van der Waals surface area contributed by atoms with Crippen molar-refractivity contribution in [3.63, 3.8) is 0 Å². The topological polar surface area (TPSA) is 96.0 Å². The fraction of sp³-hybridized carbons (Fsp3) is 0.520. The predicted octanol–water partition coefficient (Wildman–Crippen LogP) is 4.12. The predicted molar refractivity (Wildman–Crippen MR) is 137 cm³/mol. The average molecular weight is 520 g/mol. The molecule has 1 fully saturated rings. The molecule has 1 saturated heterocycles. The lowest BCUT2D eigenvalue weighted by atomic mass is 10.0. The highest BCUT2D eigenvalue weighted by Gasteiger charge is 2.32. The molecule has 10 heteroatoms. The summed E-state index contributed by atoms with van der Waals surface area (Å²) < 4.78 is 32.7. The summed E-state index contributed by atoms with van der Waals surface area (Å²) in [4.78, 5) is 29.2. The van der Waals surface area contributed by atoms with Gasteiger partial charge in [-0.25, -0.2) is 13.2 Å². The van der Waals surface area contributed by atoms with Crippen molar-refractivity contribution in [3.05, 3.63) is 45.8 Å². The summed E-state index contributed by atoms with van der Waals surface area (Å²) in [5.41, 5.74) is 1.68. The number of nitrogens with one attached hydrogen (secondary N) is 1. The molecule has 1 amide bonds. The number of carbonyl (C=O) groups excluding carboxylic acids is 2. The Morgan fingerprint density at radius 2 is 1.86 bits per heavy atom. The highest BCUT2D eigenvalue weighted by molar-refractivity contribution is 7.89. The Bertz CT molecular complexity index is 1200. The van der Waals surface area contributed by atoms with E-state index in [9.17, 15) is 18.0 Å². The zero-order chi connectivity index (χ0) is 25.3. The van der Waals surface area contributed by atoms with Crippen LogP contribution in [0.25, 0.3) is 0 Å².